The van der Waals surface area contributed by atoms with Crippen LogP contribution in [0.5, 0.6) is 0 Å². The van der Waals surface area contributed by atoms with Gasteiger partial charge in [0.05, 0.1) is 5.92 Å². The van der Waals surface area contributed by atoms with Gasteiger partial charge in [0.25, 0.3) is 0 Å². The molecule has 0 aliphatic carbocycles. The van der Waals surface area contributed by atoms with Crippen LogP contribution in [0, 0.1) is 11.3 Å². The first kappa shape index (κ1) is 14.5. The summed E-state index contributed by atoms with van der Waals surface area (Å²) >= 11 is 0. The fourth-order valence-electron chi connectivity index (χ4n) is 2.79. The standard InChI is InChI=1S/C13H27N3O/c1-9-5-6-10(12(15)17)8-16(9)11(7-14)13(2,3)4/h9-11H,5-8,14H2,1-4H3,(H2,15,17). The minimum Gasteiger partial charge on any atom is -0.369 e. The highest BCUT2D eigenvalue weighted by Gasteiger charge is 2.37. The number of likely N-dealkylation sites (tertiary alicyclic amines) is 1. The van der Waals surface area contributed by atoms with Crippen LogP contribution in [-0.4, -0.2) is 36.0 Å². The van der Waals surface area contributed by atoms with Crippen LogP contribution in [0.15, 0.2) is 0 Å². The maximum Gasteiger partial charge on any atom is 0.221 e. The third-order valence-electron chi connectivity index (χ3n) is 3.96. The van der Waals surface area contributed by atoms with Gasteiger partial charge in [-0.3, -0.25) is 9.69 Å². The lowest BCUT2D eigenvalue weighted by Gasteiger charge is -2.46. The SMILES string of the molecule is CC1CCC(C(N)=O)CN1C(CN)C(C)(C)C. The van der Waals surface area contributed by atoms with Gasteiger partial charge in [0.15, 0.2) is 0 Å². The predicted octanol–water partition coefficient (Wildman–Crippen LogP) is 0.946. The zero-order valence-corrected chi connectivity index (χ0v) is 11.6. The number of piperidine rings is 1. The molecule has 1 fully saturated rings. The Balaban J connectivity index is 2.81. The van der Waals surface area contributed by atoms with Crippen LogP contribution >= 0.6 is 0 Å². The predicted molar refractivity (Wildman–Crippen MR) is 70.4 cm³/mol. The molecule has 0 aromatic rings. The molecule has 1 heterocycles. The fraction of sp³-hybridized carbons (Fsp3) is 0.923. The number of rotatable bonds is 3. The molecule has 4 N–H and O–H groups in total. The number of nitrogens with zero attached hydrogens (tertiary/aromatic N) is 1. The van der Waals surface area contributed by atoms with Crippen molar-refractivity contribution in [1.82, 2.24) is 4.90 Å². The minimum absolute atomic E-state index is 0.0115. The second-order valence-corrected chi connectivity index (χ2v) is 6.34. The minimum atomic E-state index is -0.174. The lowest BCUT2D eigenvalue weighted by atomic mass is 9.82. The second kappa shape index (κ2) is 5.36. The molecular weight excluding hydrogens is 214 g/mol. The van der Waals surface area contributed by atoms with Crippen molar-refractivity contribution >= 4 is 5.91 Å². The van der Waals surface area contributed by atoms with Crippen molar-refractivity contribution in [3.05, 3.63) is 0 Å². The average molecular weight is 241 g/mol. The van der Waals surface area contributed by atoms with Crippen LogP contribution < -0.4 is 11.5 Å². The van der Waals surface area contributed by atoms with Gasteiger partial charge in [0, 0.05) is 25.2 Å². The smallest absolute Gasteiger partial charge is 0.221 e. The summed E-state index contributed by atoms with van der Waals surface area (Å²) in [4.78, 5) is 13.7. The van der Waals surface area contributed by atoms with Crippen molar-refractivity contribution in [1.29, 1.82) is 0 Å². The highest BCUT2D eigenvalue weighted by molar-refractivity contribution is 5.77. The van der Waals surface area contributed by atoms with Gasteiger partial charge in [-0.2, -0.15) is 0 Å². The zero-order chi connectivity index (χ0) is 13.2. The van der Waals surface area contributed by atoms with Gasteiger partial charge in [-0.05, 0) is 25.2 Å². The van der Waals surface area contributed by atoms with Crippen molar-refractivity contribution in [3.63, 3.8) is 0 Å². The Bertz CT molecular complexity index is 272. The van der Waals surface area contributed by atoms with Crippen LogP contribution in [0.3, 0.4) is 0 Å². The molecule has 0 radical (unpaired) electrons. The summed E-state index contributed by atoms with van der Waals surface area (Å²) in [7, 11) is 0. The third kappa shape index (κ3) is 3.42. The van der Waals surface area contributed by atoms with Gasteiger partial charge in [-0.15, -0.1) is 0 Å². The van der Waals surface area contributed by atoms with E-state index < -0.39 is 0 Å². The maximum absolute atomic E-state index is 11.3. The Kier molecular flexibility index (Phi) is 4.55. The van der Waals surface area contributed by atoms with Crippen LogP contribution in [0.1, 0.15) is 40.5 Å². The molecule has 0 bridgehead atoms. The van der Waals surface area contributed by atoms with Gasteiger partial charge < -0.3 is 11.5 Å². The van der Waals surface area contributed by atoms with Gasteiger partial charge >= 0.3 is 0 Å². The molecule has 4 heteroatoms. The highest BCUT2D eigenvalue weighted by Crippen LogP contribution is 2.31. The first-order valence-corrected chi connectivity index (χ1v) is 6.52. The van der Waals surface area contributed by atoms with E-state index in [1.54, 1.807) is 0 Å². The van der Waals surface area contributed by atoms with E-state index in [1.165, 1.54) is 0 Å². The first-order valence-electron chi connectivity index (χ1n) is 6.52. The van der Waals surface area contributed by atoms with Crippen LogP contribution in [-0.2, 0) is 4.79 Å². The summed E-state index contributed by atoms with van der Waals surface area (Å²) in [6, 6.07) is 0.790. The van der Waals surface area contributed by atoms with Crippen LogP contribution in [0.4, 0.5) is 0 Å². The van der Waals surface area contributed by atoms with E-state index in [1.807, 2.05) is 0 Å². The third-order valence-corrected chi connectivity index (χ3v) is 3.96. The van der Waals surface area contributed by atoms with E-state index in [0.29, 0.717) is 18.6 Å². The first-order chi connectivity index (χ1) is 7.77. The molecular formula is C13H27N3O. The molecule has 1 amide bonds. The van der Waals surface area contributed by atoms with E-state index in [0.717, 1.165) is 19.4 Å². The Morgan fingerprint density at radius 1 is 1.41 bits per heavy atom. The second-order valence-electron chi connectivity index (χ2n) is 6.34. The van der Waals surface area contributed by atoms with E-state index in [9.17, 15) is 4.79 Å². The van der Waals surface area contributed by atoms with E-state index >= 15 is 0 Å². The summed E-state index contributed by atoms with van der Waals surface area (Å²) in [5.74, 6) is -0.186. The number of amides is 1. The highest BCUT2D eigenvalue weighted by atomic mass is 16.1. The van der Waals surface area contributed by atoms with Gasteiger partial charge in [0.1, 0.15) is 0 Å². The Labute approximate surface area is 105 Å². The van der Waals surface area contributed by atoms with Crippen molar-refractivity contribution in [2.45, 2.75) is 52.6 Å². The Morgan fingerprint density at radius 3 is 2.41 bits per heavy atom. The number of nitrogens with two attached hydrogens (primary N) is 2. The van der Waals surface area contributed by atoms with E-state index in [-0.39, 0.29) is 17.2 Å². The molecule has 17 heavy (non-hydrogen) atoms. The quantitative estimate of drug-likeness (QED) is 0.772. The van der Waals surface area contributed by atoms with Crippen molar-refractivity contribution in [2.75, 3.05) is 13.1 Å². The molecule has 1 aliphatic rings. The number of carbonyl (C=O) groups is 1. The molecule has 0 saturated carbocycles. The number of hydrogen-bond donors (Lipinski definition) is 2. The topological polar surface area (TPSA) is 72.4 Å². The summed E-state index contributed by atoms with van der Waals surface area (Å²) in [5.41, 5.74) is 11.5. The molecule has 4 nitrogen and oxygen atoms in total. The molecule has 0 spiro atoms. The molecule has 1 aliphatic heterocycles. The average Bonchev–Trinajstić information content (AvgIpc) is 2.19. The molecule has 1 rings (SSSR count). The fourth-order valence-corrected chi connectivity index (χ4v) is 2.79. The van der Waals surface area contributed by atoms with E-state index in [2.05, 4.69) is 32.6 Å². The lowest BCUT2D eigenvalue weighted by Crippen LogP contribution is -2.57. The van der Waals surface area contributed by atoms with Gasteiger partial charge in [-0.25, -0.2) is 0 Å². The lowest BCUT2D eigenvalue weighted by molar-refractivity contribution is -0.125. The van der Waals surface area contributed by atoms with Crippen molar-refractivity contribution in [3.8, 4) is 0 Å². The summed E-state index contributed by atoms with van der Waals surface area (Å²) in [5, 5.41) is 0. The number of hydrogen-bond acceptors (Lipinski definition) is 3. The number of primary amides is 1. The van der Waals surface area contributed by atoms with Gasteiger partial charge in [-0.1, -0.05) is 20.8 Å². The normalized spacial score (nSPS) is 29.0. The molecule has 3 atom stereocenters. The molecule has 0 aromatic heterocycles. The summed E-state index contributed by atoms with van der Waals surface area (Å²) in [6.45, 7) is 10.2. The summed E-state index contributed by atoms with van der Waals surface area (Å²) in [6.07, 6.45) is 1.94. The molecule has 1 saturated heterocycles. The van der Waals surface area contributed by atoms with Crippen molar-refractivity contribution < 1.29 is 4.79 Å². The Morgan fingerprint density at radius 2 is 2.00 bits per heavy atom. The summed E-state index contributed by atoms with van der Waals surface area (Å²) < 4.78 is 0. The monoisotopic (exact) mass is 241 g/mol. The Hall–Kier alpha value is -0.610. The zero-order valence-electron chi connectivity index (χ0n) is 11.6. The van der Waals surface area contributed by atoms with Crippen LogP contribution in [0.2, 0.25) is 0 Å². The molecule has 3 unspecified atom stereocenters. The molecule has 100 valence electrons. The van der Waals surface area contributed by atoms with Crippen LogP contribution in [0.25, 0.3) is 0 Å². The maximum atomic E-state index is 11.3. The largest absolute Gasteiger partial charge is 0.369 e. The number of carbonyl (C=O) groups excluding carboxylic acids is 1. The van der Waals surface area contributed by atoms with Gasteiger partial charge in [0.2, 0.25) is 5.91 Å². The van der Waals surface area contributed by atoms with E-state index in [4.69, 9.17) is 11.5 Å². The van der Waals surface area contributed by atoms with Crippen molar-refractivity contribution in [2.24, 2.45) is 22.8 Å². The molecule has 0 aromatic carbocycles.